The number of nitrogens with zero attached hydrogens (tertiary/aromatic N) is 23. The van der Waals surface area contributed by atoms with Crippen molar-refractivity contribution in [2.45, 2.75) is 103 Å². The first-order chi connectivity index (χ1) is 67.5. The van der Waals surface area contributed by atoms with Gasteiger partial charge in [0.05, 0.1) is 109 Å². The van der Waals surface area contributed by atoms with Crippen molar-refractivity contribution in [3.63, 3.8) is 0 Å². The molecule has 139 heavy (non-hydrogen) atoms. The largest absolute Gasteiger partial charge is 0.392 e. The molecule has 45 heteroatoms. The van der Waals surface area contributed by atoms with Crippen LogP contribution in [0.15, 0.2) is 170 Å². The third-order valence-electron chi connectivity index (χ3n) is 23.5. The van der Waals surface area contributed by atoms with Crippen molar-refractivity contribution in [3.8, 4) is 102 Å². The number of aliphatic hydroxyl groups is 4. The van der Waals surface area contributed by atoms with Crippen molar-refractivity contribution < 1.29 is 44.4 Å². The van der Waals surface area contributed by atoms with Crippen molar-refractivity contribution in [1.82, 2.24) is 137 Å². The number of aliphatic hydroxyl groups excluding tert-OH is 4. The molecule has 0 unspecified atom stereocenters. The molecule has 15 aromatic rings. The Balaban J connectivity index is 0.000000134. The molecule has 0 saturated carbocycles. The number of hydrogen-bond donors (Lipinski definition) is 10. The summed E-state index contributed by atoms with van der Waals surface area (Å²) in [5, 5.41) is 108. The van der Waals surface area contributed by atoms with Crippen LogP contribution >= 0.6 is 92.8 Å². The number of H-pyrrole nitrogens is 2. The van der Waals surface area contributed by atoms with Crippen LogP contribution in [-0.4, -0.2) is 212 Å². The number of benzene rings is 8. The molecule has 4 saturated heterocycles. The quantitative estimate of drug-likeness (QED) is 0.0210. The van der Waals surface area contributed by atoms with Crippen LogP contribution in [0.4, 0.5) is 5.69 Å². The molecule has 10 N–H and O–H groups in total. The maximum absolute atomic E-state index is 13.3. The lowest BCUT2D eigenvalue weighted by atomic mass is 10.0. The molecule has 7 aromatic heterocycles. The number of carbonyl (C=O) groups excluding carboxylic acids is 4. The van der Waals surface area contributed by atoms with Gasteiger partial charge in [-0.15, -0.1) is 15.3 Å². The molecule has 37 nitrogen and oxygen atoms in total. The molecular weight excluding hydrogens is 1950 g/mol. The Hall–Kier alpha value is -12.8. The SMILES string of the molecule is C[n+]1nc(-c2ccc(-c3c(CO)c(C(=O)NN4CCCCC4)nn3-c3ccc(Cl)cc3Cl)cc2)n[nH]1.Cn1nnnc1-c1ccc(-c2c(CO)c(C(=O)NN3CCCCC3)nn2-c2ccc(Cl)cc2Cl)cc1.O=C(NN1CCCCC1)c1nn(-c2ccc(Cl)cc2Cl)c(-c2ccc(-c3nn[nH]n3)cc2)c1CO.[C-]#[N+]c1ccc(-c2c(CO)c(C(=O)NN3CCCCC3)nn2-c2ccc(Cl)cc2Cl)cc1. The maximum atomic E-state index is 13.3. The van der Waals surface area contributed by atoms with Gasteiger partial charge in [0.15, 0.2) is 34.3 Å². The Labute approximate surface area is 836 Å². The lowest BCUT2D eigenvalue weighted by Gasteiger charge is -2.26. The van der Waals surface area contributed by atoms with Gasteiger partial charge in [-0.25, -0.2) is 48.3 Å². The lowest BCUT2D eigenvalue weighted by molar-refractivity contribution is -0.783. The zero-order chi connectivity index (χ0) is 97.5. The monoisotopic (exact) mass is 2030 g/mol. The van der Waals surface area contributed by atoms with E-state index in [0.29, 0.717) is 137 Å². The van der Waals surface area contributed by atoms with E-state index in [1.54, 1.807) is 135 Å². The molecule has 0 radical (unpaired) electrons. The van der Waals surface area contributed by atoms with Gasteiger partial charge in [0.1, 0.15) is 7.05 Å². The van der Waals surface area contributed by atoms with Gasteiger partial charge in [-0.3, -0.25) is 40.9 Å². The smallest absolute Gasteiger partial charge is 0.338 e. The topological polar surface area (TPSA) is 429 Å². The molecule has 4 aliphatic rings. The number of tetrazole rings is 3. The highest BCUT2D eigenvalue weighted by molar-refractivity contribution is 6.37. The summed E-state index contributed by atoms with van der Waals surface area (Å²) in [7, 11) is 3.52. The predicted molar refractivity (Wildman–Crippen MR) is 525 cm³/mol. The Morgan fingerprint density at radius 1 is 0.381 bits per heavy atom. The zero-order valence-electron chi connectivity index (χ0n) is 74.9. The molecule has 4 fully saturated rings. The van der Waals surface area contributed by atoms with E-state index in [2.05, 4.69) is 98.5 Å². The van der Waals surface area contributed by atoms with Crippen molar-refractivity contribution in [2.75, 3.05) is 52.4 Å². The summed E-state index contributed by atoms with van der Waals surface area (Å²) in [6.45, 7) is 11.8. The molecule has 8 aromatic carbocycles. The number of carbonyl (C=O) groups is 4. The number of aromatic amines is 2. The maximum Gasteiger partial charge on any atom is 0.338 e. The van der Waals surface area contributed by atoms with E-state index in [0.717, 1.165) is 163 Å². The van der Waals surface area contributed by atoms with E-state index >= 15 is 0 Å². The number of nitrogens with one attached hydrogen (secondary N) is 6. The van der Waals surface area contributed by atoms with Crippen LogP contribution in [0.2, 0.25) is 40.2 Å². The van der Waals surface area contributed by atoms with E-state index in [4.69, 9.17) is 99.4 Å². The molecule has 19 rings (SSSR count). The van der Waals surface area contributed by atoms with Gasteiger partial charge < -0.3 is 20.4 Å². The Bertz CT molecular complexity index is 6940. The van der Waals surface area contributed by atoms with Crippen LogP contribution in [-0.2, 0) is 40.5 Å². The van der Waals surface area contributed by atoms with Crippen LogP contribution in [0.25, 0.3) is 107 Å². The molecule has 4 amide bonds. The van der Waals surface area contributed by atoms with Crippen molar-refractivity contribution in [2.24, 2.45) is 14.1 Å². The minimum Gasteiger partial charge on any atom is -0.392 e. The van der Waals surface area contributed by atoms with Crippen LogP contribution in [0.1, 0.15) is 141 Å². The first kappa shape index (κ1) is 99.2. The summed E-state index contributed by atoms with van der Waals surface area (Å²) in [5.74, 6) is 0.0730. The van der Waals surface area contributed by atoms with Crippen molar-refractivity contribution >= 4 is 122 Å². The fraction of sp³-hybridized carbons (Fsp3) is 0.277. The second-order valence-corrected chi connectivity index (χ2v) is 36.1. The molecule has 0 bridgehead atoms. The minimum atomic E-state index is -0.395. The summed E-state index contributed by atoms with van der Waals surface area (Å²) in [6, 6.07) is 49.3. The average Bonchev–Trinajstić information content (AvgIpc) is 1.63. The van der Waals surface area contributed by atoms with Crippen LogP contribution in [0.5, 0.6) is 0 Å². The summed E-state index contributed by atoms with van der Waals surface area (Å²) in [4.78, 5) is 57.9. The van der Waals surface area contributed by atoms with Crippen LogP contribution in [0.3, 0.4) is 0 Å². The first-order valence-corrected chi connectivity index (χ1v) is 47.5. The zero-order valence-corrected chi connectivity index (χ0v) is 80.9. The standard InChI is InChI=1S/2C24H24Cl2N8O2.C23H22Cl2N8O2.C23H21Cl2N5O2/c1-32-23(27-30-31-32)16-7-5-15(6-8-16)22-18(14-35)21(24(36)29-33-11-3-2-4-12-33)28-34(22)20-10-9-17(25)13-19(20)26;1-32-29-23(27-31-32)16-7-5-15(6-8-16)22-18(14-35)21(24(36)30-33-11-3-2-4-12-33)28-34(22)20-10-9-17(25)13-19(20)26;24-16-8-9-19(18(25)12-16)33-21(14-4-6-15(7-5-14)22-26-30-31-27-22)17(13-34)20(28-33)23(35)29-32-10-2-1-3-11-32;1-26-17-8-5-15(6-9-17)22-18(14-31)21(23(32)28-29-11-3-2-4-12-29)27-30(22)20-10-7-16(24)13-19(20)25/h5-10,13,35H,2-4,11-12,14H2,1H3,(H,29,36);5-10,13,35H,2-4,11-12,14H2,1H3,(H,30,36);4-9,12,34H,1-3,10-11,13H2,(H,29,35)(H,26,27,30,31);5-10,13,31H,2-4,11-12,14H2,(H,28,32)/p+1. The number of aryl methyl sites for hydroxylation is 2. The van der Waals surface area contributed by atoms with Gasteiger partial charge in [-0.2, -0.15) is 25.6 Å². The molecule has 4 aliphatic heterocycles. The number of piperidine rings is 4. The highest BCUT2D eigenvalue weighted by Gasteiger charge is 2.34. The number of rotatable bonds is 23. The summed E-state index contributed by atoms with van der Waals surface area (Å²) >= 11 is 50.4. The number of hydrogen-bond acceptors (Lipinski definition) is 24. The van der Waals surface area contributed by atoms with Gasteiger partial charge in [0.2, 0.25) is 5.82 Å². The third kappa shape index (κ3) is 23.0. The molecule has 11 heterocycles. The fourth-order valence-corrected chi connectivity index (χ4v) is 18.6. The third-order valence-corrected chi connectivity index (χ3v) is 25.6. The summed E-state index contributed by atoms with van der Waals surface area (Å²) in [5.41, 5.74) is 23.8. The fourth-order valence-electron chi connectivity index (χ4n) is 16.6. The van der Waals surface area contributed by atoms with Crippen LogP contribution < -0.4 is 26.5 Å². The number of halogens is 8. The second-order valence-electron chi connectivity index (χ2n) is 32.7. The highest BCUT2D eigenvalue weighted by Crippen LogP contribution is 2.41. The van der Waals surface area contributed by atoms with Gasteiger partial charge in [-0.1, -0.05) is 208 Å². The lowest BCUT2D eigenvalue weighted by Crippen LogP contribution is -2.45. The van der Waals surface area contributed by atoms with E-state index in [9.17, 15) is 39.6 Å². The van der Waals surface area contributed by atoms with Crippen LogP contribution in [0, 0.1) is 6.57 Å². The molecule has 716 valence electrons. The Morgan fingerprint density at radius 3 is 0.921 bits per heavy atom. The summed E-state index contributed by atoms with van der Waals surface area (Å²) < 4.78 is 7.85. The predicted octanol–water partition coefficient (Wildman–Crippen LogP) is 15.4. The molecule has 0 aliphatic carbocycles. The van der Waals surface area contributed by atoms with Crippen molar-refractivity contribution in [3.05, 3.63) is 266 Å². The van der Waals surface area contributed by atoms with E-state index in [1.165, 1.54) is 4.80 Å². The van der Waals surface area contributed by atoms with Gasteiger partial charge in [-0.05, 0) is 168 Å². The Kier molecular flexibility index (Phi) is 32.7. The van der Waals surface area contributed by atoms with E-state index in [-0.39, 0.29) is 53.0 Å². The summed E-state index contributed by atoms with van der Waals surface area (Å²) in [6.07, 6.45) is 12.7. The number of aromatic nitrogens is 20. The first-order valence-electron chi connectivity index (χ1n) is 44.5. The van der Waals surface area contributed by atoms with Crippen molar-refractivity contribution in [1.29, 1.82) is 0 Å². The minimum absolute atomic E-state index is 0.119. The Morgan fingerprint density at radius 2 is 0.669 bits per heavy atom. The van der Waals surface area contributed by atoms with Gasteiger partial charge >= 0.3 is 5.82 Å². The normalized spacial score (nSPS) is 14.2. The van der Waals surface area contributed by atoms with Gasteiger partial charge in [0, 0.05) is 130 Å². The highest BCUT2D eigenvalue weighted by atomic mass is 35.5. The molecule has 0 atom stereocenters. The average molecular weight is 2040 g/mol. The van der Waals surface area contributed by atoms with E-state index in [1.807, 2.05) is 92.8 Å². The molecule has 0 spiro atoms. The number of amides is 4. The number of hydrazine groups is 4. The molecular formula is C94H92Cl8N29O8+. The van der Waals surface area contributed by atoms with Gasteiger partial charge in [0.25, 0.3) is 23.6 Å². The second kappa shape index (κ2) is 45.9. The van der Waals surface area contributed by atoms with E-state index < -0.39 is 19.8 Å².